The van der Waals surface area contributed by atoms with E-state index in [0.717, 1.165) is 64.0 Å². The summed E-state index contributed by atoms with van der Waals surface area (Å²) >= 11 is 1.71. The first kappa shape index (κ1) is 21.6. The van der Waals surface area contributed by atoms with Crippen LogP contribution < -0.4 is 4.90 Å². The molecule has 1 saturated heterocycles. The molecular formula is C25H26N4O3S. The van der Waals surface area contributed by atoms with Crippen molar-refractivity contribution in [3.63, 3.8) is 0 Å². The van der Waals surface area contributed by atoms with Crippen molar-refractivity contribution in [3.8, 4) is 11.1 Å². The summed E-state index contributed by atoms with van der Waals surface area (Å²) in [6.45, 7) is 7.74. The number of hydrogen-bond acceptors (Lipinski definition) is 7. The second-order valence-electron chi connectivity index (χ2n) is 7.99. The predicted molar refractivity (Wildman–Crippen MR) is 130 cm³/mol. The highest BCUT2D eigenvalue weighted by Gasteiger charge is 2.19. The highest BCUT2D eigenvalue weighted by molar-refractivity contribution is 7.22. The summed E-state index contributed by atoms with van der Waals surface area (Å²) in [6, 6.07) is 16.5. The van der Waals surface area contributed by atoms with Gasteiger partial charge in [-0.1, -0.05) is 41.7 Å². The van der Waals surface area contributed by atoms with Crippen molar-refractivity contribution < 1.29 is 14.3 Å². The Morgan fingerprint density at radius 1 is 1.12 bits per heavy atom. The van der Waals surface area contributed by atoms with Crippen molar-refractivity contribution in [2.75, 3.05) is 37.8 Å². The minimum Gasteiger partial charge on any atom is -0.461 e. The SMILES string of the molecule is CCOC(=O)c1cc(C)n(Cc2cc(-c3ccccc3)cc3sc(N4CCOCC4)nc23)n1. The molecule has 3 heterocycles. The van der Waals surface area contributed by atoms with Crippen LogP contribution in [0.3, 0.4) is 0 Å². The van der Waals surface area contributed by atoms with Crippen molar-refractivity contribution in [2.24, 2.45) is 0 Å². The normalized spacial score (nSPS) is 14.1. The summed E-state index contributed by atoms with van der Waals surface area (Å²) in [5.74, 6) is -0.397. The van der Waals surface area contributed by atoms with Gasteiger partial charge >= 0.3 is 5.97 Å². The number of morpholine rings is 1. The van der Waals surface area contributed by atoms with E-state index < -0.39 is 5.97 Å². The fraction of sp³-hybridized carbons (Fsp3) is 0.320. The molecule has 0 radical (unpaired) electrons. The molecule has 5 rings (SSSR count). The molecule has 0 amide bonds. The molecule has 2 aromatic heterocycles. The fourth-order valence-electron chi connectivity index (χ4n) is 4.03. The number of thiazole rings is 1. The van der Waals surface area contributed by atoms with Crippen LogP contribution in [0.15, 0.2) is 48.5 Å². The van der Waals surface area contributed by atoms with E-state index in [4.69, 9.17) is 14.5 Å². The summed E-state index contributed by atoms with van der Waals surface area (Å²) < 4.78 is 13.6. The molecule has 1 fully saturated rings. The second-order valence-corrected chi connectivity index (χ2v) is 9.00. The molecule has 170 valence electrons. The van der Waals surface area contributed by atoms with E-state index in [1.807, 2.05) is 29.8 Å². The van der Waals surface area contributed by atoms with Crippen LogP contribution in [-0.2, 0) is 16.0 Å². The Hall–Kier alpha value is -3.23. The summed E-state index contributed by atoms with van der Waals surface area (Å²) in [5, 5.41) is 5.54. The van der Waals surface area contributed by atoms with Crippen molar-refractivity contribution in [3.05, 3.63) is 65.5 Å². The zero-order valence-corrected chi connectivity index (χ0v) is 19.6. The van der Waals surface area contributed by atoms with Gasteiger partial charge in [0.05, 0.1) is 36.6 Å². The second kappa shape index (κ2) is 9.33. The zero-order chi connectivity index (χ0) is 22.8. The first-order valence-corrected chi connectivity index (χ1v) is 12.0. The third-order valence-electron chi connectivity index (χ3n) is 5.74. The van der Waals surface area contributed by atoms with Crippen LogP contribution in [-0.4, -0.2) is 53.6 Å². The Morgan fingerprint density at radius 3 is 2.67 bits per heavy atom. The van der Waals surface area contributed by atoms with E-state index >= 15 is 0 Å². The number of aromatic nitrogens is 3. The maximum absolute atomic E-state index is 12.2. The lowest BCUT2D eigenvalue weighted by molar-refractivity contribution is 0.0518. The van der Waals surface area contributed by atoms with E-state index in [9.17, 15) is 4.79 Å². The molecule has 1 aliphatic rings. The molecule has 0 atom stereocenters. The third-order valence-corrected chi connectivity index (χ3v) is 6.80. The van der Waals surface area contributed by atoms with Gasteiger partial charge in [-0.2, -0.15) is 5.10 Å². The van der Waals surface area contributed by atoms with Gasteiger partial charge in [0.2, 0.25) is 0 Å². The lowest BCUT2D eigenvalue weighted by Crippen LogP contribution is -2.36. The van der Waals surface area contributed by atoms with Gasteiger partial charge in [-0.05, 0) is 43.2 Å². The molecular weight excluding hydrogens is 436 g/mol. The first-order chi connectivity index (χ1) is 16.1. The maximum atomic E-state index is 12.2. The van der Waals surface area contributed by atoms with Gasteiger partial charge in [-0.25, -0.2) is 9.78 Å². The number of fused-ring (bicyclic) bond motifs is 1. The number of carbonyl (C=O) groups excluding carboxylic acids is 1. The first-order valence-electron chi connectivity index (χ1n) is 11.2. The molecule has 8 heteroatoms. The average molecular weight is 463 g/mol. The fourth-order valence-corrected chi connectivity index (χ4v) is 5.14. The van der Waals surface area contributed by atoms with Crippen molar-refractivity contribution in [1.29, 1.82) is 0 Å². The molecule has 0 saturated carbocycles. The Balaban J connectivity index is 1.57. The number of hydrogen-bond donors (Lipinski definition) is 0. The highest BCUT2D eigenvalue weighted by Crippen LogP contribution is 2.35. The van der Waals surface area contributed by atoms with E-state index in [2.05, 4.69) is 34.3 Å². The minimum atomic E-state index is -0.397. The van der Waals surface area contributed by atoms with Gasteiger partial charge in [0.25, 0.3) is 0 Å². The lowest BCUT2D eigenvalue weighted by Gasteiger charge is -2.25. The third kappa shape index (κ3) is 4.49. The van der Waals surface area contributed by atoms with Crippen LogP contribution in [0.5, 0.6) is 0 Å². The van der Waals surface area contributed by atoms with Crippen LogP contribution in [0.1, 0.15) is 28.7 Å². The number of carbonyl (C=O) groups is 1. The number of anilines is 1. The Kier molecular flexibility index (Phi) is 6.11. The van der Waals surface area contributed by atoms with Crippen LogP contribution in [0.25, 0.3) is 21.3 Å². The Morgan fingerprint density at radius 2 is 1.91 bits per heavy atom. The largest absolute Gasteiger partial charge is 0.461 e. The number of ether oxygens (including phenoxy) is 2. The topological polar surface area (TPSA) is 69.5 Å². The average Bonchev–Trinajstić information content (AvgIpc) is 3.44. The highest BCUT2D eigenvalue weighted by atomic mass is 32.1. The van der Waals surface area contributed by atoms with E-state index in [1.54, 1.807) is 24.3 Å². The van der Waals surface area contributed by atoms with Crippen LogP contribution in [0.2, 0.25) is 0 Å². The molecule has 0 unspecified atom stereocenters. The van der Waals surface area contributed by atoms with Crippen LogP contribution in [0.4, 0.5) is 5.13 Å². The Bertz CT molecular complexity index is 1280. The van der Waals surface area contributed by atoms with Gasteiger partial charge in [0, 0.05) is 24.3 Å². The maximum Gasteiger partial charge on any atom is 0.358 e. The number of nitrogens with zero attached hydrogens (tertiary/aromatic N) is 4. The zero-order valence-electron chi connectivity index (χ0n) is 18.8. The standard InChI is InChI=1S/C25H26N4O3S/c1-3-32-24(30)21-13-17(2)29(27-21)16-20-14-19(18-7-5-4-6-8-18)15-22-23(20)26-25(33-22)28-9-11-31-12-10-28/h4-8,13-15H,3,9-12,16H2,1-2H3. The Labute approximate surface area is 196 Å². The van der Waals surface area contributed by atoms with Gasteiger partial charge in [0.15, 0.2) is 10.8 Å². The molecule has 0 N–H and O–H groups in total. The predicted octanol–water partition coefficient (Wildman–Crippen LogP) is 4.53. The molecule has 0 aliphatic carbocycles. The minimum absolute atomic E-state index is 0.327. The number of rotatable bonds is 6. The van der Waals surface area contributed by atoms with Crippen molar-refractivity contribution in [2.45, 2.75) is 20.4 Å². The van der Waals surface area contributed by atoms with Gasteiger partial charge < -0.3 is 14.4 Å². The number of aryl methyl sites for hydroxylation is 1. The molecule has 7 nitrogen and oxygen atoms in total. The molecule has 1 aliphatic heterocycles. The molecule has 0 spiro atoms. The van der Waals surface area contributed by atoms with Gasteiger partial charge in [0.1, 0.15) is 0 Å². The number of benzene rings is 2. The van der Waals surface area contributed by atoms with E-state index in [1.165, 1.54) is 0 Å². The summed E-state index contributed by atoms with van der Waals surface area (Å²) in [7, 11) is 0. The van der Waals surface area contributed by atoms with Gasteiger partial charge in [-0.15, -0.1) is 0 Å². The van der Waals surface area contributed by atoms with E-state index in [0.29, 0.717) is 18.8 Å². The number of esters is 1. The van der Waals surface area contributed by atoms with E-state index in [-0.39, 0.29) is 0 Å². The summed E-state index contributed by atoms with van der Waals surface area (Å²) in [5.41, 5.74) is 5.59. The lowest BCUT2D eigenvalue weighted by atomic mass is 10.0. The van der Waals surface area contributed by atoms with Crippen molar-refractivity contribution in [1.82, 2.24) is 14.8 Å². The smallest absolute Gasteiger partial charge is 0.358 e. The summed E-state index contributed by atoms with van der Waals surface area (Å²) in [6.07, 6.45) is 0. The summed E-state index contributed by atoms with van der Waals surface area (Å²) in [4.78, 5) is 19.5. The van der Waals surface area contributed by atoms with Crippen molar-refractivity contribution >= 4 is 32.7 Å². The monoisotopic (exact) mass is 462 g/mol. The molecule has 4 aromatic rings. The quantitative estimate of drug-likeness (QED) is 0.392. The molecule has 33 heavy (non-hydrogen) atoms. The van der Waals surface area contributed by atoms with Gasteiger partial charge in [-0.3, -0.25) is 4.68 Å². The van der Waals surface area contributed by atoms with Crippen LogP contribution in [0, 0.1) is 6.92 Å². The van der Waals surface area contributed by atoms with Crippen LogP contribution >= 0.6 is 11.3 Å². The molecule has 2 aromatic carbocycles. The molecule has 0 bridgehead atoms.